The molecule has 0 saturated carbocycles. The van der Waals surface area contributed by atoms with Crippen molar-refractivity contribution in [3.05, 3.63) is 58.6 Å². The van der Waals surface area contributed by atoms with Crippen LogP contribution in [0.4, 0.5) is 10.1 Å². The van der Waals surface area contributed by atoms with Crippen molar-refractivity contribution in [3.8, 4) is 17.3 Å². The molecule has 168 valence electrons. The number of morpholine rings is 1. The topological polar surface area (TPSA) is 157 Å². The SMILES string of the molecule is CS(=O)(=O)O.N#Cc1c(-c2ccncc2)[n+]([O-])c2cc(F)c(N3CCOCC3)cc2[n+]1[O-]. The minimum Gasteiger partial charge on any atom is -0.617 e. The molecule has 1 aliphatic heterocycles. The lowest BCUT2D eigenvalue weighted by Gasteiger charge is -2.28. The van der Waals surface area contributed by atoms with Gasteiger partial charge in [-0.05, 0) is 12.1 Å². The van der Waals surface area contributed by atoms with Gasteiger partial charge < -0.3 is 20.1 Å². The first-order chi connectivity index (χ1) is 15.1. The highest BCUT2D eigenvalue weighted by Crippen LogP contribution is 2.26. The minimum absolute atomic E-state index is 0.0674. The molecule has 0 unspecified atom stereocenters. The second-order valence-electron chi connectivity index (χ2n) is 6.76. The predicted molar refractivity (Wildman–Crippen MR) is 110 cm³/mol. The zero-order valence-corrected chi connectivity index (χ0v) is 17.6. The van der Waals surface area contributed by atoms with Crippen molar-refractivity contribution in [2.75, 3.05) is 37.5 Å². The maximum atomic E-state index is 14.7. The molecular formula is C19H18FN5O6S. The molecule has 1 saturated heterocycles. The van der Waals surface area contributed by atoms with Crippen LogP contribution in [0.5, 0.6) is 0 Å². The van der Waals surface area contributed by atoms with Crippen molar-refractivity contribution in [2.24, 2.45) is 0 Å². The summed E-state index contributed by atoms with van der Waals surface area (Å²) in [7, 11) is -3.67. The Bertz CT molecular complexity index is 1280. The van der Waals surface area contributed by atoms with Gasteiger partial charge in [0.05, 0.1) is 36.8 Å². The van der Waals surface area contributed by atoms with E-state index in [1.165, 1.54) is 30.6 Å². The first-order valence-corrected chi connectivity index (χ1v) is 11.0. The van der Waals surface area contributed by atoms with Crippen LogP contribution < -0.4 is 14.4 Å². The molecule has 0 spiro atoms. The van der Waals surface area contributed by atoms with E-state index in [0.29, 0.717) is 47.6 Å². The zero-order valence-electron chi connectivity index (χ0n) is 16.8. The largest absolute Gasteiger partial charge is 0.617 e. The second-order valence-corrected chi connectivity index (χ2v) is 8.22. The van der Waals surface area contributed by atoms with E-state index in [1.807, 2.05) is 0 Å². The van der Waals surface area contributed by atoms with Crippen LogP contribution in [-0.2, 0) is 14.9 Å². The van der Waals surface area contributed by atoms with Crippen LogP contribution >= 0.6 is 0 Å². The summed E-state index contributed by atoms with van der Waals surface area (Å²) in [6, 6.07) is 7.16. The van der Waals surface area contributed by atoms with Gasteiger partial charge >= 0.3 is 11.4 Å². The Morgan fingerprint density at radius 1 is 1.19 bits per heavy atom. The summed E-state index contributed by atoms with van der Waals surface area (Å²) in [5.74, 6) is -0.612. The lowest BCUT2D eigenvalue weighted by Crippen LogP contribution is -2.44. The van der Waals surface area contributed by atoms with E-state index in [4.69, 9.17) is 9.29 Å². The Labute approximate surface area is 182 Å². The number of benzene rings is 1. The van der Waals surface area contributed by atoms with Crippen molar-refractivity contribution < 1.29 is 31.6 Å². The Morgan fingerprint density at radius 2 is 1.75 bits per heavy atom. The number of nitrogens with zero attached hydrogens (tertiary/aromatic N) is 5. The van der Waals surface area contributed by atoms with Gasteiger partial charge in [0, 0.05) is 31.5 Å². The fourth-order valence-electron chi connectivity index (χ4n) is 3.21. The minimum atomic E-state index is -3.67. The molecule has 1 fully saturated rings. The molecule has 0 radical (unpaired) electrons. The highest BCUT2D eigenvalue weighted by molar-refractivity contribution is 7.85. The smallest absolute Gasteiger partial charge is 0.369 e. The quantitative estimate of drug-likeness (QED) is 0.325. The van der Waals surface area contributed by atoms with Gasteiger partial charge in [-0.25, -0.2) is 4.39 Å². The highest BCUT2D eigenvalue weighted by atomic mass is 32.2. The van der Waals surface area contributed by atoms with Crippen LogP contribution in [-0.4, -0.2) is 50.5 Å². The van der Waals surface area contributed by atoms with Crippen LogP contribution in [0.2, 0.25) is 0 Å². The summed E-state index contributed by atoms with van der Waals surface area (Å²) in [4.78, 5) is 5.61. The summed E-state index contributed by atoms with van der Waals surface area (Å²) in [5.41, 5.74) is -0.159. The van der Waals surface area contributed by atoms with Crippen LogP contribution in [0.1, 0.15) is 5.69 Å². The monoisotopic (exact) mass is 463 g/mol. The standard InChI is InChI=1S/C18H14FN5O3.CH4O3S/c19-13-9-15-16(10-14(13)22-5-7-27-8-6-22)23(25)17(11-20)18(24(15)26)12-1-3-21-4-2-12;1-5(2,3)4/h1-4,9-10H,5-8H2;1H3,(H,2,3,4). The third-order valence-corrected chi connectivity index (χ3v) is 4.52. The average Bonchev–Trinajstić information content (AvgIpc) is 2.76. The summed E-state index contributed by atoms with van der Waals surface area (Å²) in [6.45, 7) is 1.83. The van der Waals surface area contributed by atoms with E-state index in [-0.39, 0.29) is 28.1 Å². The van der Waals surface area contributed by atoms with E-state index < -0.39 is 15.9 Å². The third-order valence-electron chi connectivity index (χ3n) is 4.52. The molecule has 32 heavy (non-hydrogen) atoms. The fourth-order valence-corrected chi connectivity index (χ4v) is 3.21. The Balaban J connectivity index is 0.000000523. The molecule has 4 rings (SSSR count). The zero-order chi connectivity index (χ0) is 23.5. The summed E-state index contributed by atoms with van der Waals surface area (Å²) in [6.07, 6.45) is 3.60. The predicted octanol–water partition coefficient (Wildman–Crippen LogP) is 0.520. The lowest BCUT2D eigenvalue weighted by atomic mass is 10.1. The number of rotatable bonds is 2. The highest BCUT2D eigenvalue weighted by Gasteiger charge is 2.31. The molecule has 2 aromatic heterocycles. The van der Waals surface area contributed by atoms with Gasteiger partial charge in [0.2, 0.25) is 0 Å². The first-order valence-electron chi connectivity index (χ1n) is 9.19. The van der Waals surface area contributed by atoms with Crippen LogP contribution in [0.25, 0.3) is 22.3 Å². The van der Waals surface area contributed by atoms with E-state index in [2.05, 4.69) is 4.98 Å². The van der Waals surface area contributed by atoms with Gasteiger partial charge in [0.15, 0.2) is 11.9 Å². The van der Waals surface area contributed by atoms with Crippen molar-refractivity contribution in [2.45, 2.75) is 0 Å². The van der Waals surface area contributed by atoms with E-state index in [9.17, 15) is 28.5 Å². The van der Waals surface area contributed by atoms with E-state index in [0.717, 1.165) is 6.07 Å². The van der Waals surface area contributed by atoms with Gasteiger partial charge in [-0.2, -0.15) is 18.4 Å². The maximum absolute atomic E-state index is 14.7. The van der Waals surface area contributed by atoms with Crippen molar-refractivity contribution in [1.29, 1.82) is 5.26 Å². The number of hydrogen-bond acceptors (Lipinski definition) is 8. The Morgan fingerprint density at radius 3 is 2.31 bits per heavy atom. The number of pyridine rings is 1. The molecule has 3 aromatic rings. The van der Waals surface area contributed by atoms with Gasteiger partial charge in [-0.15, -0.1) is 4.73 Å². The fraction of sp³-hybridized carbons (Fsp3) is 0.263. The number of hydrogen-bond donors (Lipinski definition) is 1. The summed E-state index contributed by atoms with van der Waals surface area (Å²) in [5, 5.41) is 35.2. The van der Waals surface area contributed by atoms with Gasteiger partial charge in [-0.3, -0.25) is 9.54 Å². The maximum Gasteiger partial charge on any atom is 0.369 e. The molecule has 13 heteroatoms. The molecule has 3 heterocycles. The molecule has 0 bridgehead atoms. The molecule has 0 aliphatic carbocycles. The number of ether oxygens (including phenoxy) is 1. The van der Waals surface area contributed by atoms with Crippen molar-refractivity contribution in [1.82, 2.24) is 4.98 Å². The van der Waals surface area contributed by atoms with Crippen LogP contribution in [0, 0.1) is 27.6 Å². The molecule has 0 amide bonds. The Hall–Kier alpha value is -3.60. The molecule has 0 atom stereocenters. The summed E-state index contributed by atoms with van der Waals surface area (Å²) >= 11 is 0. The van der Waals surface area contributed by atoms with Crippen molar-refractivity contribution in [3.63, 3.8) is 0 Å². The average molecular weight is 463 g/mol. The van der Waals surface area contributed by atoms with Crippen LogP contribution in [0.15, 0.2) is 36.7 Å². The normalized spacial score (nSPS) is 13.9. The molecule has 1 N–H and O–H groups in total. The number of halogens is 1. The second kappa shape index (κ2) is 9.27. The van der Waals surface area contributed by atoms with Crippen molar-refractivity contribution >= 4 is 26.8 Å². The van der Waals surface area contributed by atoms with Crippen LogP contribution in [0.3, 0.4) is 0 Å². The number of nitriles is 1. The van der Waals surface area contributed by atoms with Gasteiger partial charge in [0.1, 0.15) is 0 Å². The van der Waals surface area contributed by atoms with E-state index in [1.54, 1.807) is 11.0 Å². The lowest BCUT2D eigenvalue weighted by molar-refractivity contribution is -0.622. The van der Waals surface area contributed by atoms with Gasteiger partial charge in [-0.1, -0.05) is 0 Å². The van der Waals surface area contributed by atoms with E-state index >= 15 is 0 Å². The third kappa shape index (κ3) is 4.99. The molecule has 11 nitrogen and oxygen atoms in total. The summed E-state index contributed by atoms with van der Waals surface area (Å²) < 4.78 is 46.6. The Kier molecular flexibility index (Phi) is 6.68. The molecule has 1 aromatic carbocycles. The number of aromatic nitrogens is 3. The van der Waals surface area contributed by atoms with Gasteiger partial charge in [0.25, 0.3) is 21.2 Å². The molecular weight excluding hydrogens is 445 g/mol. The number of anilines is 1. The number of fused-ring (bicyclic) bond motifs is 1. The first kappa shape index (κ1) is 23.1. The molecule has 1 aliphatic rings.